The van der Waals surface area contributed by atoms with Gasteiger partial charge in [0, 0.05) is 53.7 Å². The number of pyridine rings is 2. The van der Waals surface area contributed by atoms with Crippen molar-refractivity contribution >= 4 is 22.4 Å². The van der Waals surface area contributed by atoms with E-state index in [1.807, 2.05) is 6.20 Å². The molecule has 0 spiro atoms. The Kier molecular flexibility index (Phi) is 6.77. The average molecular weight is 537 g/mol. The second kappa shape index (κ2) is 10.2. The highest BCUT2D eigenvalue weighted by molar-refractivity contribution is 7.14. The molecule has 4 aromatic heterocycles. The van der Waals surface area contributed by atoms with Crippen LogP contribution >= 0.6 is 11.3 Å². The Morgan fingerprint density at radius 3 is 2.66 bits per heavy atom. The first-order valence-electron chi connectivity index (χ1n) is 12.9. The Bertz CT molecular complexity index is 1480. The van der Waals surface area contributed by atoms with Gasteiger partial charge in [0.15, 0.2) is 10.8 Å². The van der Waals surface area contributed by atoms with Gasteiger partial charge < -0.3 is 19.7 Å². The van der Waals surface area contributed by atoms with Crippen molar-refractivity contribution in [2.75, 3.05) is 13.2 Å². The molecule has 9 nitrogen and oxygen atoms in total. The molecule has 0 unspecified atom stereocenters. The molecule has 1 aliphatic carbocycles. The van der Waals surface area contributed by atoms with Crippen molar-refractivity contribution in [1.29, 1.82) is 0 Å². The predicted molar refractivity (Wildman–Crippen MR) is 141 cm³/mol. The van der Waals surface area contributed by atoms with Crippen LogP contribution in [0.4, 0.5) is 4.39 Å². The van der Waals surface area contributed by atoms with Gasteiger partial charge in [0.1, 0.15) is 5.82 Å². The highest BCUT2D eigenvalue weighted by Gasteiger charge is 2.49. The van der Waals surface area contributed by atoms with Crippen LogP contribution in [0.3, 0.4) is 0 Å². The third-order valence-electron chi connectivity index (χ3n) is 7.93. The quantitative estimate of drug-likeness (QED) is 0.335. The van der Waals surface area contributed by atoms with Crippen molar-refractivity contribution in [2.24, 2.45) is 0 Å². The van der Waals surface area contributed by atoms with Crippen LogP contribution in [0.1, 0.15) is 42.5 Å². The topological polar surface area (TPSA) is 115 Å². The van der Waals surface area contributed by atoms with Gasteiger partial charge in [-0.2, -0.15) is 0 Å². The highest BCUT2D eigenvalue weighted by Crippen LogP contribution is 2.46. The normalized spacial score (nSPS) is 22.8. The summed E-state index contributed by atoms with van der Waals surface area (Å²) in [4.78, 5) is 30.8. The number of nitrogens with zero attached hydrogens (tertiary/aromatic N) is 5. The number of hydrogen-bond acceptors (Lipinski definition) is 9. The molecule has 0 atom stereocenters. The maximum Gasteiger partial charge on any atom is 0.251 e. The van der Waals surface area contributed by atoms with Gasteiger partial charge in [-0.15, -0.1) is 11.3 Å². The molecule has 0 aromatic carbocycles. The van der Waals surface area contributed by atoms with Gasteiger partial charge in [0.2, 0.25) is 0 Å². The highest BCUT2D eigenvalue weighted by atomic mass is 32.1. The molecule has 6 heterocycles. The molecule has 0 radical (unpaired) electrons. The van der Waals surface area contributed by atoms with Gasteiger partial charge in [-0.3, -0.25) is 9.78 Å². The van der Waals surface area contributed by atoms with Crippen LogP contribution in [-0.2, 0) is 24.2 Å². The van der Waals surface area contributed by atoms with Crippen molar-refractivity contribution in [3.8, 4) is 10.8 Å². The van der Waals surface area contributed by atoms with E-state index in [9.17, 15) is 14.3 Å². The number of rotatable bonds is 9. The fourth-order valence-electron chi connectivity index (χ4n) is 5.71. The van der Waals surface area contributed by atoms with Crippen LogP contribution in [0.15, 0.2) is 47.8 Å². The van der Waals surface area contributed by atoms with Crippen LogP contribution in [0.25, 0.3) is 21.9 Å². The summed E-state index contributed by atoms with van der Waals surface area (Å²) in [7, 11) is 0. The number of ether oxygens (including phenoxy) is 1. The third kappa shape index (κ3) is 4.75. The van der Waals surface area contributed by atoms with Crippen LogP contribution in [0.5, 0.6) is 0 Å². The minimum Gasteiger partial charge on any atom is -0.395 e. The molecule has 2 aliphatic heterocycles. The molecule has 3 fully saturated rings. The first-order chi connectivity index (χ1) is 18.5. The van der Waals surface area contributed by atoms with E-state index in [-0.39, 0.29) is 29.9 Å². The smallest absolute Gasteiger partial charge is 0.251 e. The Labute approximate surface area is 222 Å². The fourth-order valence-corrected chi connectivity index (χ4v) is 6.51. The van der Waals surface area contributed by atoms with Crippen molar-refractivity contribution in [1.82, 2.24) is 29.8 Å². The van der Waals surface area contributed by atoms with Crippen LogP contribution < -0.4 is 10.9 Å². The SMILES string of the molecule is O=c1ccc2ncc(F)c(CCC34CCC(NCc5cnc(-c6ncccn6)s5)(CC3)CO4)c2n1CCO. The van der Waals surface area contributed by atoms with E-state index >= 15 is 0 Å². The summed E-state index contributed by atoms with van der Waals surface area (Å²) < 4.78 is 22.9. The number of aliphatic hydroxyl groups is 1. The monoisotopic (exact) mass is 536 g/mol. The maximum absolute atomic E-state index is 15.0. The molecule has 11 heteroatoms. The first-order valence-corrected chi connectivity index (χ1v) is 13.7. The zero-order valence-electron chi connectivity index (χ0n) is 20.9. The molecule has 4 aromatic rings. The predicted octanol–water partition coefficient (Wildman–Crippen LogP) is 3.25. The number of thiazole rings is 1. The molecule has 3 aliphatic rings. The Morgan fingerprint density at radius 1 is 1.11 bits per heavy atom. The van der Waals surface area contributed by atoms with E-state index in [1.165, 1.54) is 16.8 Å². The lowest BCUT2D eigenvalue weighted by Crippen LogP contribution is -2.61. The number of halogens is 1. The van der Waals surface area contributed by atoms with E-state index in [4.69, 9.17) is 4.74 Å². The second-order valence-electron chi connectivity index (χ2n) is 10.2. The summed E-state index contributed by atoms with van der Waals surface area (Å²) >= 11 is 1.59. The van der Waals surface area contributed by atoms with Gasteiger partial charge in [-0.1, -0.05) is 0 Å². The molecule has 2 bridgehead atoms. The molecule has 7 rings (SSSR count). The van der Waals surface area contributed by atoms with E-state index in [0.29, 0.717) is 48.4 Å². The summed E-state index contributed by atoms with van der Waals surface area (Å²) in [5.74, 6) is 0.204. The van der Waals surface area contributed by atoms with E-state index < -0.39 is 5.82 Å². The third-order valence-corrected chi connectivity index (χ3v) is 8.92. The Balaban J connectivity index is 1.12. The number of aromatic nitrogens is 5. The van der Waals surface area contributed by atoms with Gasteiger partial charge in [-0.05, 0) is 50.7 Å². The summed E-state index contributed by atoms with van der Waals surface area (Å²) in [5.41, 5.74) is 0.827. The van der Waals surface area contributed by atoms with E-state index in [1.54, 1.807) is 35.9 Å². The number of fused-ring (bicyclic) bond motifs is 4. The Morgan fingerprint density at radius 2 is 1.92 bits per heavy atom. The zero-order valence-corrected chi connectivity index (χ0v) is 21.7. The Hall–Kier alpha value is -3.12. The average Bonchev–Trinajstić information content (AvgIpc) is 3.44. The first kappa shape index (κ1) is 25.2. The minimum absolute atomic E-state index is 0.0780. The van der Waals surface area contributed by atoms with Crippen molar-refractivity contribution in [2.45, 2.75) is 62.8 Å². The van der Waals surface area contributed by atoms with E-state index in [0.717, 1.165) is 35.6 Å². The molecule has 2 saturated heterocycles. The lowest BCUT2D eigenvalue weighted by molar-refractivity contribution is -0.165. The van der Waals surface area contributed by atoms with Crippen LogP contribution in [0, 0.1) is 5.82 Å². The van der Waals surface area contributed by atoms with Gasteiger partial charge >= 0.3 is 0 Å². The van der Waals surface area contributed by atoms with Crippen molar-refractivity contribution in [3.63, 3.8) is 0 Å². The van der Waals surface area contributed by atoms with Gasteiger partial charge in [-0.25, -0.2) is 19.3 Å². The lowest BCUT2D eigenvalue weighted by Gasteiger charge is -2.53. The molecule has 1 saturated carbocycles. The zero-order chi connectivity index (χ0) is 26.2. The molecule has 2 N–H and O–H groups in total. The summed E-state index contributed by atoms with van der Waals surface area (Å²) in [6.45, 7) is 1.20. The largest absolute Gasteiger partial charge is 0.395 e. The number of hydrogen-bond donors (Lipinski definition) is 2. The summed E-state index contributed by atoms with van der Waals surface area (Å²) in [6, 6.07) is 4.81. The minimum atomic E-state index is -0.432. The van der Waals surface area contributed by atoms with Crippen molar-refractivity contribution < 1.29 is 14.2 Å². The van der Waals surface area contributed by atoms with Crippen LogP contribution in [0.2, 0.25) is 0 Å². The standard InChI is InChI=1S/C27H29FN6O3S/c28-20-16-31-21-2-3-22(36)34(12-13-35)23(21)19(20)4-5-27-8-6-26(7-9-27,17-37-27)33-15-18-14-32-25(38-18)24-29-10-1-11-30-24/h1-3,10-11,14,16,33,35H,4-9,12-13,15,17H2. The van der Waals surface area contributed by atoms with E-state index in [2.05, 4.69) is 25.3 Å². The molecule has 38 heavy (non-hydrogen) atoms. The lowest BCUT2D eigenvalue weighted by atomic mass is 9.69. The molecule has 0 amide bonds. The molecular formula is C27H29FN6O3S. The van der Waals surface area contributed by atoms with Gasteiger partial charge in [0.05, 0.1) is 36.0 Å². The summed E-state index contributed by atoms with van der Waals surface area (Å²) in [6.07, 6.45) is 11.4. The number of aliphatic hydroxyl groups excluding tert-OH is 1. The molecule has 198 valence electrons. The van der Waals surface area contributed by atoms with Crippen LogP contribution in [-0.4, -0.2) is 54.0 Å². The summed E-state index contributed by atoms with van der Waals surface area (Å²) in [5, 5.41) is 14.0. The number of aryl methyl sites for hydroxylation is 1. The fraction of sp³-hybridized carbons (Fsp3) is 0.444. The van der Waals surface area contributed by atoms with Gasteiger partial charge in [0.25, 0.3) is 5.56 Å². The number of nitrogens with one attached hydrogen (secondary N) is 1. The second-order valence-corrected chi connectivity index (χ2v) is 11.3. The molecular weight excluding hydrogens is 507 g/mol. The van der Waals surface area contributed by atoms with Crippen molar-refractivity contribution in [3.05, 3.63) is 69.6 Å². The maximum atomic E-state index is 15.0.